The van der Waals surface area contributed by atoms with E-state index in [0.29, 0.717) is 0 Å². The number of hydrogen-bond donors (Lipinski definition) is 4. The summed E-state index contributed by atoms with van der Waals surface area (Å²) in [6, 6.07) is 0. The summed E-state index contributed by atoms with van der Waals surface area (Å²) in [7, 11) is 0. The summed E-state index contributed by atoms with van der Waals surface area (Å²) in [5, 5.41) is 36.4. The smallest absolute Gasteiger partial charge is 0.163 e. The zero-order chi connectivity index (χ0) is 11.3. The van der Waals surface area contributed by atoms with Crippen LogP contribution in [0.5, 0.6) is 0 Å². The molecule has 78 valence electrons. The molecule has 13 heavy (non-hydrogen) atoms. The Morgan fingerprint density at radius 1 is 1.31 bits per heavy atom. The Balaban J connectivity index is 4.23. The van der Waals surface area contributed by atoms with Gasteiger partial charge in [0.05, 0.1) is 6.10 Å². The molecule has 0 saturated carbocycles. The molecule has 0 aliphatic rings. The third-order valence-electron chi connectivity index (χ3n) is 1.74. The molecule has 0 aliphatic carbocycles. The number of rotatable bonds is 5. The fourth-order valence-corrected chi connectivity index (χ4v) is 0.810. The van der Waals surface area contributed by atoms with Crippen LogP contribution in [0.25, 0.3) is 0 Å². The molecule has 0 fully saturated rings. The van der Waals surface area contributed by atoms with Gasteiger partial charge in [-0.25, -0.2) is 0 Å². The molecule has 0 saturated heterocycles. The van der Waals surface area contributed by atoms with Gasteiger partial charge in [-0.15, -0.1) is 0 Å². The predicted octanol–water partition coefficient (Wildman–Crippen LogP) is -1.57. The van der Waals surface area contributed by atoms with Crippen molar-refractivity contribution >= 4 is 5.78 Å². The lowest BCUT2D eigenvalue weighted by Gasteiger charge is -2.23. The molecule has 4 atom stereocenters. The summed E-state index contributed by atoms with van der Waals surface area (Å²) in [5.74, 6) is -0.716. The van der Waals surface area contributed by atoms with E-state index in [0.717, 1.165) is 0 Å². The fraction of sp³-hybridized carbons (Fsp3) is 0.875. The highest BCUT2D eigenvalue weighted by atomic mass is 16.4. The number of aliphatic hydroxyl groups excluding tert-OH is 4. The minimum Gasteiger partial charge on any atom is -0.391 e. The Hall–Kier alpha value is -0.490. The van der Waals surface area contributed by atoms with E-state index in [1.165, 1.54) is 6.92 Å². The first kappa shape index (κ1) is 10.6. The highest BCUT2D eigenvalue weighted by molar-refractivity contribution is 5.83. The van der Waals surface area contributed by atoms with Crippen LogP contribution in [0.3, 0.4) is 0 Å². The van der Waals surface area contributed by atoms with E-state index in [1.54, 1.807) is 0 Å². The van der Waals surface area contributed by atoms with Gasteiger partial charge >= 0.3 is 0 Å². The third-order valence-corrected chi connectivity index (χ3v) is 1.74. The molecule has 5 nitrogen and oxygen atoms in total. The van der Waals surface area contributed by atoms with Crippen LogP contribution in [-0.2, 0) is 4.79 Å². The number of aliphatic hydroxyl groups is 4. The third kappa shape index (κ3) is 3.40. The van der Waals surface area contributed by atoms with Gasteiger partial charge < -0.3 is 20.4 Å². The van der Waals surface area contributed by atoms with Crippen LogP contribution in [-0.4, -0.2) is 50.6 Å². The lowest BCUT2D eigenvalue weighted by Crippen LogP contribution is -2.46. The van der Waals surface area contributed by atoms with Crippen LogP contribution in [0.15, 0.2) is 0 Å². The van der Waals surface area contributed by atoms with E-state index >= 15 is 0 Å². The zero-order valence-electron chi connectivity index (χ0n) is 8.42. The maximum absolute atomic E-state index is 11.0. The largest absolute Gasteiger partial charge is 0.391 e. The number of Topliss-reactive ketones (excluding diaryl/α,β-unsaturated/α-hetero) is 1. The molecule has 0 aliphatic heterocycles. The van der Waals surface area contributed by atoms with Crippen molar-refractivity contribution in [1.82, 2.24) is 0 Å². The number of carbonyl (C=O) groups is 1. The molecule has 5 heteroatoms. The molecule has 0 rings (SSSR count). The summed E-state index contributed by atoms with van der Waals surface area (Å²) >= 11 is 0. The number of carbonyl (C=O) groups excluding carboxylic acids is 1. The molecular formula is C8H16O5. The van der Waals surface area contributed by atoms with Gasteiger partial charge in [0.25, 0.3) is 0 Å². The molecule has 0 unspecified atom stereocenters. The predicted molar refractivity (Wildman–Crippen MR) is 45.0 cm³/mol. The molecule has 0 amide bonds. The molecular weight excluding hydrogens is 176 g/mol. The average molecular weight is 193 g/mol. The Labute approximate surface area is 78.0 Å². The quantitative estimate of drug-likeness (QED) is 0.423. The maximum Gasteiger partial charge on any atom is 0.163 e. The molecule has 0 heterocycles. The van der Waals surface area contributed by atoms with Gasteiger partial charge in [0, 0.05) is 7.79 Å². The first-order chi connectivity index (χ1) is 6.41. The van der Waals surface area contributed by atoms with Crippen LogP contribution < -0.4 is 0 Å². The average Bonchev–Trinajstić information content (AvgIpc) is 2.14. The van der Waals surface area contributed by atoms with Crippen molar-refractivity contribution in [1.29, 1.82) is 0 Å². The normalized spacial score (nSPS) is 21.5. The standard InChI is InChI=1S/C8H16O5/c1-3-5(10)7(12)8(13)6(11)4(2)9/h4,6-9,11-13H,3H2,1-2H3/t4-,6+,7+,8+/m0/s1/i1D. The molecule has 0 aromatic heterocycles. The lowest BCUT2D eigenvalue weighted by molar-refractivity contribution is -0.143. The zero-order valence-corrected chi connectivity index (χ0v) is 7.42. The van der Waals surface area contributed by atoms with Gasteiger partial charge in [0.2, 0.25) is 0 Å². The molecule has 0 radical (unpaired) electrons. The molecule has 0 aromatic carbocycles. The van der Waals surface area contributed by atoms with E-state index in [1.807, 2.05) is 0 Å². The van der Waals surface area contributed by atoms with Crippen molar-refractivity contribution in [2.75, 3.05) is 0 Å². The highest BCUT2D eigenvalue weighted by Gasteiger charge is 2.31. The summed E-state index contributed by atoms with van der Waals surface area (Å²) in [6.07, 6.45) is -6.45. The van der Waals surface area contributed by atoms with Crippen LogP contribution in [0.2, 0.25) is 0 Å². The van der Waals surface area contributed by atoms with Gasteiger partial charge in [0.1, 0.15) is 18.3 Å². The Bertz CT molecular complexity index is 185. The number of ketones is 1. The minimum atomic E-state index is -1.75. The SMILES string of the molecule is [2H]CCC(=O)[C@@H](O)[C@H](O)[C@H](O)[C@H](C)O. The summed E-state index contributed by atoms with van der Waals surface area (Å²) in [4.78, 5) is 11.0. The van der Waals surface area contributed by atoms with Crippen molar-refractivity contribution in [3.05, 3.63) is 0 Å². The Morgan fingerprint density at radius 3 is 2.23 bits per heavy atom. The van der Waals surface area contributed by atoms with Gasteiger partial charge in [-0.05, 0) is 6.92 Å². The van der Waals surface area contributed by atoms with E-state index in [2.05, 4.69) is 0 Å². The fourth-order valence-electron chi connectivity index (χ4n) is 0.810. The summed E-state index contributed by atoms with van der Waals surface area (Å²) < 4.78 is 6.73. The Kier molecular flexibility index (Phi) is 4.31. The Morgan fingerprint density at radius 2 is 1.85 bits per heavy atom. The second-order valence-electron chi connectivity index (χ2n) is 2.88. The van der Waals surface area contributed by atoms with Crippen molar-refractivity contribution in [3.8, 4) is 0 Å². The summed E-state index contributed by atoms with van der Waals surface area (Å²) in [6.45, 7) is 1.04. The van der Waals surface area contributed by atoms with Crippen molar-refractivity contribution < 1.29 is 26.6 Å². The van der Waals surface area contributed by atoms with Crippen LogP contribution >= 0.6 is 0 Å². The second-order valence-corrected chi connectivity index (χ2v) is 2.88. The van der Waals surface area contributed by atoms with E-state index in [9.17, 15) is 15.0 Å². The van der Waals surface area contributed by atoms with Crippen molar-refractivity contribution in [2.45, 2.75) is 44.7 Å². The van der Waals surface area contributed by atoms with Gasteiger partial charge in [-0.3, -0.25) is 4.79 Å². The van der Waals surface area contributed by atoms with Crippen molar-refractivity contribution in [2.24, 2.45) is 0 Å². The molecule has 4 N–H and O–H groups in total. The first-order valence-corrected chi connectivity index (χ1v) is 3.96. The lowest BCUT2D eigenvalue weighted by atomic mass is 10.00. The van der Waals surface area contributed by atoms with E-state index in [4.69, 9.17) is 11.6 Å². The monoisotopic (exact) mass is 193 g/mol. The molecule has 0 spiro atoms. The summed E-state index contributed by atoms with van der Waals surface area (Å²) in [5.41, 5.74) is 0. The van der Waals surface area contributed by atoms with Crippen molar-refractivity contribution in [3.63, 3.8) is 0 Å². The maximum atomic E-state index is 11.0. The van der Waals surface area contributed by atoms with Gasteiger partial charge in [-0.1, -0.05) is 6.90 Å². The second kappa shape index (κ2) is 5.29. The van der Waals surface area contributed by atoms with Crippen LogP contribution in [0.4, 0.5) is 0 Å². The topological polar surface area (TPSA) is 98.0 Å². The minimum absolute atomic E-state index is 0.187. The number of hydrogen-bond acceptors (Lipinski definition) is 5. The van der Waals surface area contributed by atoms with Crippen LogP contribution in [0, 0.1) is 0 Å². The van der Waals surface area contributed by atoms with Crippen LogP contribution in [0.1, 0.15) is 21.6 Å². The van der Waals surface area contributed by atoms with E-state index in [-0.39, 0.29) is 13.3 Å². The highest BCUT2D eigenvalue weighted by Crippen LogP contribution is 2.06. The van der Waals surface area contributed by atoms with E-state index < -0.39 is 30.2 Å². The van der Waals surface area contributed by atoms with Gasteiger partial charge in [-0.2, -0.15) is 0 Å². The van der Waals surface area contributed by atoms with Gasteiger partial charge in [0.15, 0.2) is 5.78 Å². The molecule has 0 bridgehead atoms. The first-order valence-electron chi connectivity index (χ1n) is 4.66. The molecule has 0 aromatic rings.